The summed E-state index contributed by atoms with van der Waals surface area (Å²) in [6, 6.07) is 0. The molecule has 98 heavy (non-hydrogen) atoms. The number of carbonyl (C=O) groups excluding carboxylic acids is 4. The quantitative estimate of drug-likeness (QED) is 0.0222. The molecule has 0 aliphatic rings. The molecule has 0 aromatic heterocycles. The lowest BCUT2D eigenvalue weighted by molar-refractivity contribution is -0.161. The Kier molecular flexibility index (Phi) is 69.3. The molecule has 6 atom stereocenters. The Morgan fingerprint density at radius 1 is 0.296 bits per heavy atom. The first-order valence-electron chi connectivity index (χ1n) is 41.0. The second-order valence-electron chi connectivity index (χ2n) is 29.2. The van der Waals surface area contributed by atoms with Gasteiger partial charge < -0.3 is 33.8 Å². The Hall–Kier alpha value is -1.94. The van der Waals surface area contributed by atoms with Gasteiger partial charge in [0.25, 0.3) is 0 Å². The number of aliphatic hydroxyl groups excluding tert-OH is 1. The Labute approximate surface area is 600 Å². The topological polar surface area (TPSA) is 237 Å². The molecule has 19 heteroatoms. The van der Waals surface area contributed by atoms with Gasteiger partial charge in [-0.2, -0.15) is 0 Å². The van der Waals surface area contributed by atoms with E-state index in [1.807, 2.05) is 0 Å². The number of hydrogen-bond acceptors (Lipinski definition) is 15. The molecule has 0 aromatic carbocycles. The maximum atomic E-state index is 13.1. The maximum Gasteiger partial charge on any atom is 0.472 e. The third kappa shape index (κ3) is 71.1. The van der Waals surface area contributed by atoms with E-state index in [0.717, 1.165) is 108 Å². The molecule has 3 N–H and O–H groups in total. The van der Waals surface area contributed by atoms with Crippen molar-refractivity contribution in [2.24, 2.45) is 11.8 Å². The lowest BCUT2D eigenvalue weighted by atomic mass is 10.00. The van der Waals surface area contributed by atoms with Gasteiger partial charge in [0, 0.05) is 25.7 Å². The van der Waals surface area contributed by atoms with Crippen molar-refractivity contribution < 1.29 is 80.2 Å². The van der Waals surface area contributed by atoms with Crippen LogP contribution in [0, 0.1) is 11.8 Å². The minimum absolute atomic E-state index is 0.103. The minimum atomic E-state index is -4.96. The zero-order chi connectivity index (χ0) is 72.1. The van der Waals surface area contributed by atoms with Crippen molar-refractivity contribution in [2.75, 3.05) is 39.6 Å². The van der Waals surface area contributed by atoms with Crippen molar-refractivity contribution in [2.45, 2.75) is 432 Å². The van der Waals surface area contributed by atoms with Crippen molar-refractivity contribution in [1.82, 2.24) is 0 Å². The molecule has 0 aliphatic heterocycles. The van der Waals surface area contributed by atoms with Crippen LogP contribution in [-0.2, 0) is 65.4 Å². The van der Waals surface area contributed by atoms with Gasteiger partial charge in [-0.25, -0.2) is 9.13 Å². The van der Waals surface area contributed by atoms with Crippen molar-refractivity contribution in [3.8, 4) is 0 Å². The van der Waals surface area contributed by atoms with Crippen molar-refractivity contribution >= 4 is 39.5 Å². The molecule has 0 rings (SSSR count). The molecule has 0 bridgehead atoms. The number of unbranched alkanes of at least 4 members (excludes halogenated alkanes) is 47. The molecule has 0 aliphatic carbocycles. The van der Waals surface area contributed by atoms with Gasteiger partial charge in [0.15, 0.2) is 12.2 Å². The summed E-state index contributed by atoms with van der Waals surface area (Å²) in [7, 11) is -9.91. The number of hydrogen-bond donors (Lipinski definition) is 3. The number of carbonyl (C=O) groups is 4. The highest BCUT2D eigenvalue weighted by Crippen LogP contribution is 2.45. The molecule has 3 unspecified atom stereocenters. The van der Waals surface area contributed by atoms with Gasteiger partial charge in [0.1, 0.15) is 19.3 Å². The molecule has 0 aromatic rings. The average Bonchev–Trinajstić information content (AvgIpc) is 1.21. The van der Waals surface area contributed by atoms with Crippen LogP contribution in [0.3, 0.4) is 0 Å². The fourth-order valence-electron chi connectivity index (χ4n) is 12.2. The van der Waals surface area contributed by atoms with Gasteiger partial charge in [-0.3, -0.25) is 37.3 Å². The third-order valence-electron chi connectivity index (χ3n) is 18.8. The summed E-state index contributed by atoms with van der Waals surface area (Å²) in [5.74, 6) is -0.586. The summed E-state index contributed by atoms with van der Waals surface area (Å²) in [6.45, 7) is 9.56. The number of esters is 4. The molecule has 0 fully saturated rings. The number of aliphatic hydroxyl groups is 1. The van der Waals surface area contributed by atoms with Crippen LogP contribution in [0.1, 0.15) is 414 Å². The standard InChI is InChI=1S/C79H154O17P2/c1-7-10-12-14-16-18-19-20-21-22-23-24-25-26-31-34-37-40-44-51-57-63-78(83)95-74(67-90-77(82)62-56-50-43-39-36-33-30-28-27-29-32-35-38-41-47-53-59-71(4)5)69-93-97(85,86)91-65-73(80)66-92-98(87,88)94-70-75(68-89-76(81)61-55-49-42-17-15-13-11-8-2)96-79(84)64-58-52-46-45-48-54-60-72(6)9-3/h71-75,80H,7-70H2,1-6H3,(H,85,86)(H,87,88)/t72?,73-,74-,75-/m1/s1. The Balaban J connectivity index is 5.16. The number of ether oxygens (including phenoxy) is 4. The average molecular weight is 1440 g/mol. The van der Waals surface area contributed by atoms with E-state index < -0.39 is 97.5 Å². The highest BCUT2D eigenvalue weighted by atomic mass is 31.2. The summed E-state index contributed by atoms with van der Waals surface area (Å²) in [4.78, 5) is 72.8. The van der Waals surface area contributed by atoms with Crippen LogP contribution in [0.2, 0.25) is 0 Å². The summed E-state index contributed by atoms with van der Waals surface area (Å²) >= 11 is 0. The van der Waals surface area contributed by atoms with Crippen molar-refractivity contribution in [3.63, 3.8) is 0 Å². The molecule has 0 saturated carbocycles. The fraction of sp³-hybridized carbons (Fsp3) is 0.949. The highest BCUT2D eigenvalue weighted by Gasteiger charge is 2.30. The zero-order valence-corrected chi connectivity index (χ0v) is 65.9. The van der Waals surface area contributed by atoms with Gasteiger partial charge in [-0.05, 0) is 37.5 Å². The van der Waals surface area contributed by atoms with Crippen LogP contribution in [0.15, 0.2) is 0 Å². The van der Waals surface area contributed by atoms with Crippen LogP contribution >= 0.6 is 15.6 Å². The van der Waals surface area contributed by atoms with Crippen LogP contribution in [0.4, 0.5) is 0 Å². The second kappa shape index (κ2) is 70.7. The monoisotopic (exact) mass is 1440 g/mol. The SMILES string of the molecule is CCCCCCCCCCCCCCCCCCCCCCCC(=O)O[C@H](COC(=O)CCCCCCCCCCCCCCCCCCC(C)C)COP(=O)(O)OC[C@@H](O)COP(=O)(O)OC[C@@H](COC(=O)CCCCCCCCCC)OC(=O)CCCCCCCCC(C)CC. The van der Waals surface area contributed by atoms with Crippen LogP contribution in [0.5, 0.6) is 0 Å². The fourth-order valence-corrected chi connectivity index (χ4v) is 13.7. The van der Waals surface area contributed by atoms with E-state index in [0.29, 0.717) is 25.7 Å². The van der Waals surface area contributed by atoms with Gasteiger partial charge >= 0.3 is 39.5 Å². The minimum Gasteiger partial charge on any atom is -0.462 e. The lowest BCUT2D eigenvalue weighted by Gasteiger charge is -2.21. The summed E-state index contributed by atoms with van der Waals surface area (Å²) in [6.07, 6.45) is 60.0. The Morgan fingerprint density at radius 2 is 0.520 bits per heavy atom. The number of phosphoric ester groups is 2. The predicted octanol–water partition coefficient (Wildman–Crippen LogP) is 23.5. The summed E-state index contributed by atoms with van der Waals surface area (Å²) in [5, 5.41) is 10.6. The Bertz CT molecular complexity index is 1890. The Morgan fingerprint density at radius 3 is 0.776 bits per heavy atom. The van der Waals surface area contributed by atoms with E-state index >= 15 is 0 Å². The second-order valence-corrected chi connectivity index (χ2v) is 32.1. The van der Waals surface area contributed by atoms with E-state index in [-0.39, 0.29) is 25.7 Å². The summed E-state index contributed by atoms with van der Waals surface area (Å²) < 4.78 is 68.5. The first kappa shape index (κ1) is 96.1. The van der Waals surface area contributed by atoms with Crippen molar-refractivity contribution in [3.05, 3.63) is 0 Å². The van der Waals surface area contributed by atoms with E-state index in [2.05, 4.69) is 41.5 Å². The molecule has 0 heterocycles. The first-order chi connectivity index (χ1) is 47.4. The van der Waals surface area contributed by atoms with E-state index in [9.17, 15) is 43.2 Å². The maximum absolute atomic E-state index is 13.1. The lowest BCUT2D eigenvalue weighted by Crippen LogP contribution is -2.30. The van der Waals surface area contributed by atoms with Crippen molar-refractivity contribution in [1.29, 1.82) is 0 Å². The third-order valence-corrected chi connectivity index (χ3v) is 20.7. The predicted molar refractivity (Wildman–Crippen MR) is 400 cm³/mol. The summed E-state index contributed by atoms with van der Waals surface area (Å²) in [5.41, 5.74) is 0. The van der Waals surface area contributed by atoms with Crippen LogP contribution in [0.25, 0.3) is 0 Å². The van der Waals surface area contributed by atoms with Crippen LogP contribution < -0.4 is 0 Å². The molecule has 0 spiro atoms. The van der Waals surface area contributed by atoms with E-state index in [4.69, 9.17) is 37.0 Å². The van der Waals surface area contributed by atoms with E-state index in [1.165, 1.54) is 225 Å². The normalized spacial score (nSPS) is 14.2. The number of rotatable bonds is 78. The molecular weight excluding hydrogens is 1280 g/mol. The zero-order valence-electron chi connectivity index (χ0n) is 64.1. The van der Waals surface area contributed by atoms with Gasteiger partial charge in [0.05, 0.1) is 26.4 Å². The molecule has 0 amide bonds. The van der Waals surface area contributed by atoms with Crippen LogP contribution in [-0.4, -0.2) is 96.7 Å². The van der Waals surface area contributed by atoms with E-state index in [1.54, 1.807) is 0 Å². The highest BCUT2D eigenvalue weighted by molar-refractivity contribution is 7.47. The smallest absolute Gasteiger partial charge is 0.462 e. The van der Waals surface area contributed by atoms with Gasteiger partial charge in [-0.1, -0.05) is 363 Å². The molecule has 0 saturated heterocycles. The molecule has 582 valence electrons. The number of phosphoric acid groups is 2. The first-order valence-corrected chi connectivity index (χ1v) is 44.0. The van der Waals surface area contributed by atoms with Gasteiger partial charge in [-0.15, -0.1) is 0 Å². The van der Waals surface area contributed by atoms with Gasteiger partial charge in [0.2, 0.25) is 0 Å². The largest absolute Gasteiger partial charge is 0.472 e. The molecule has 0 radical (unpaired) electrons. The molecular formula is C79H154O17P2. The molecule has 17 nitrogen and oxygen atoms in total.